The molecule has 1 N–H and O–H groups in total. The lowest BCUT2D eigenvalue weighted by Gasteiger charge is -2.41. The maximum Gasteiger partial charge on any atom is 0.272 e. The predicted octanol–water partition coefficient (Wildman–Crippen LogP) is 0.296. The zero-order chi connectivity index (χ0) is 17.2. The van der Waals surface area contributed by atoms with E-state index in [1.54, 1.807) is 41.3 Å². The van der Waals surface area contributed by atoms with Crippen molar-refractivity contribution in [3.8, 4) is 0 Å². The number of ether oxygens (including phenoxy) is 1. The van der Waals surface area contributed by atoms with Gasteiger partial charge in [-0.15, -0.1) is 0 Å². The zero-order valence-electron chi connectivity index (χ0n) is 13.9. The van der Waals surface area contributed by atoms with Crippen molar-refractivity contribution in [1.82, 2.24) is 14.8 Å². The van der Waals surface area contributed by atoms with E-state index >= 15 is 0 Å². The van der Waals surface area contributed by atoms with Gasteiger partial charge in [-0.3, -0.25) is 14.6 Å². The Morgan fingerprint density at radius 2 is 2.00 bits per heavy atom. The summed E-state index contributed by atoms with van der Waals surface area (Å²) in [6.07, 6.45) is 2.66. The van der Waals surface area contributed by atoms with Gasteiger partial charge >= 0.3 is 0 Å². The molecule has 0 radical (unpaired) electrons. The van der Waals surface area contributed by atoms with Gasteiger partial charge in [-0.25, -0.2) is 0 Å². The first-order valence-corrected chi connectivity index (χ1v) is 8.29. The minimum absolute atomic E-state index is 0.0773. The number of aliphatic hydroxyl groups is 1. The smallest absolute Gasteiger partial charge is 0.272 e. The summed E-state index contributed by atoms with van der Waals surface area (Å²) in [5.41, 5.74) is -0.485. The second-order valence-electron chi connectivity index (χ2n) is 6.40. The van der Waals surface area contributed by atoms with Crippen LogP contribution in [0.1, 0.15) is 29.8 Å². The van der Waals surface area contributed by atoms with Crippen LogP contribution in [0.5, 0.6) is 0 Å². The topological polar surface area (TPSA) is 83.0 Å². The molecule has 3 heterocycles. The Kier molecular flexibility index (Phi) is 4.82. The third kappa shape index (κ3) is 3.14. The van der Waals surface area contributed by atoms with Gasteiger partial charge in [0.1, 0.15) is 11.3 Å². The van der Waals surface area contributed by atoms with Crippen molar-refractivity contribution in [3.63, 3.8) is 0 Å². The molecular weight excluding hydrogens is 310 g/mol. The Bertz CT molecular complexity index is 599. The van der Waals surface area contributed by atoms with Crippen molar-refractivity contribution in [2.24, 2.45) is 0 Å². The Morgan fingerprint density at radius 1 is 1.25 bits per heavy atom. The van der Waals surface area contributed by atoms with E-state index in [1.165, 1.54) is 0 Å². The van der Waals surface area contributed by atoms with E-state index in [9.17, 15) is 14.7 Å². The molecule has 0 spiro atoms. The van der Waals surface area contributed by atoms with Crippen LogP contribution in [-0.4, -0.2) is 76.7 Å². The van der Waals surface area contributed by atoms with Crippen LogP contribution in [0.4, 0.5) is 0 Å². The summed E-state index contributed by atoms with van der Waals surface area (Å²) in [6, 6.07) is 5.25. The maximum atomic E-state index is 12.8. The van der Waals surface area contributed by atoms with Gasteiger partial charge in [-0.05, 0) is 18.6 Å². The minimum Gasteiger partial charge on any atom is -0.391 e. The molecule has 2 amide bonds. The number of pyridine rings is 1. The van der Waals surface area contributed by atoms with Crippen molar-refractivity contribution in [2.45, 2.75) is 31.0 Å². The van der Waals surface area contributed by atoms with Gasteiger partial charge in [0.15, 0.2) is 0 Å². The number of hydrogen-bond acceptors (Lipinski definition) is 5. The first-order valence-electron chi connectivity index (χ1n) is 8.29. The lowest BCUT2D eigenvalue weighted by atomic mass is 9.89. The fraction of sp³-hybridized carbons (Fsp3) is 0.588. The van der Waals surface area contributed by atoms with Crippen molar-refractivity contribution in [2.75, 3.05) is 33.3 Å². The molecule has 1 aromatic heterocycles. The molecule has 0 bridgehead atoms. The van der Waals surface area contributed by atoms with Gasteiger partial charge in [-0.1, -0.05) is 6.07 Å². The lowest BCUT2D eigenvalue weighted by Crippen LogP contribution is -2.56. The van der Waals surface area contributed by atoms with Crippen LogP contribution in [0.25, 0.3) is 0 Å². The summed E-state index contributed by atoms with van der Waals surface area (Å²) in [5, 5.41) is 9.65. The van der Waals surface area contributed by atoms with Crippen LogP contribution in [-0.2, 0) is 9.53 Å². The quantitative estimate of drug-likeness (QED) is 0.860. The number of carbonyl (C=O) groups excluding carboxylic acids is 2. The summed E-state index contributed by atoms with van der Waals surface area (Å²) >= 11 is 0. The van der Waals surface area contributed by atoms with Gasteiger partial charge in [-0.2, -0.15) is 0 Å². The highest BCUT2D eigenvalue weighted by atomic mass is 16.5. The van der Waals surface area contributed by atoms with Gasteiger partial charge in [0.25, 0.3) is 11.8 Å². The van der Waals surface area contributed by atoms with Gasteiger partial charge in [0.05, 0.1) is 6.10 Å². The molecule has 0 unspecified atom stereocenters. The number of likely N-dealkylation sites (tertiary alicyclic amines) is 2. The number of β-amino-alcohol motifs (C(OH)–C–C–N with tert-alkyl or cyclic N) is 1. The van der Waals surface area contributed by atoms with Gasteiger partial charge in [0, 0.05) is 52.3 Å². The molecule has 1 aromatic rings. The second-order valence-corrected chi connectivity index (χ2v) is 6.40. The highest BCUT2D eigenvalue weighted by molar-refractivity contribution is 5.93. The predicted molar refractivity (Wildman–Crippen MR) is 86.3 cm³/mol. The zero-order valence-corrected chi connectivity index (χ0v) is 13.9. The van der Waals surface area contributed by atoms with E-state index in [1.807, 2.05) is 0 Å². The van der Waals surface area contributed by atoms with Crippen molar-refractivity contribution in [3.05, 3.63) is 30.1 Å². The van der Waals surface area contributed by atoms with Crippen LogP contribution in [0.15, 0.2) is 24.4 Å². The second kappa shape index (κ2) is 6.86. The van der Waals surface area contributed by atoms with E-state index in [0.29, 0.717) is 51.1 Å². The normalized spacial score (nSPS) is 23.3. The molecule has 24 heavy (non-hydrogen) atoms. The summed E-state index contributed by atoms with van der Waals surface area (Å²) in [4.78, 5) is 32.8. The number of aliphatic hydroxyl groups excluding tert-OH is 1. The van der Waals surface area contributed by atoms with Crippen molar-refractivity contribution < 1.29 is 19.4 Å². The van der Waals surface area contributed by atoms with Crippen LogP contribution in [0, 0.1) is 0 Å². The number of rotatable bonds is 3. The number of amides is 2. The van der Waals surface area contributed by atoms with E-state index in [4.69, 9.17) is 4.74 Å². The molecule has 130 valence electrons. The summed E-state index contributed by atoms with van der Waals surface area (Å²) < 4.78 is 5.60. The maximum absolute atomic E-state index is 12.8. The van der Waals surface area contributed by atoms with Crippen molar-refractivity contribution >= 4 is 11.8 Å². The SMILES string of the molecule is COC1(C(=O)N2CC[C@H](O)C2)CCN(C(=O)c2ccccn2)CC1. The number of methoxy groups -OCH3 is 1. The van der Waals surface area contributed by atoms with Gasteiger partial charge in [0.2, 0.25) is 0 Å². The number of piperidine rings is 1. The molecule has 7 nitrogen and oxygen atoms in total. The Morgan fingerprint density at radius 3 is 2.54 bits per heavy atom. The molecule has 2 aliphatic heterocycles. The Balaban J connectivity index is 1.65. The summed E-state index contributed by atoms with van der Waals surface area (Å²) in [5.74, 6) is -0.198. The average molecular weight is 333 g/mol. The number of aromatic nitrogens is 1. The first-order chi connectivity index (χ1) is 11.6. The van der Waals surface area contributed by atoms with E-state index in [-0.39, 0.29) is 11.8 Å². The average Bonchev–Trinajstić information content (AvgIpc) is 3.07. The van der Waals surface area contributed by atoms with Gasteiger partial charge < -0.3 is 19.6 Å². The monoisotopic (exact) mass is 333 g/mol. The number of carbonyl (C=O) groups is 2. The van der Waals surface area contributed by atoms with Crippen molar-refractivity contribution in [1.29, 1.82) is 0 Å². The molecule has 0 aliphatic carbocycles. The summed E-state index contributed by atoms with van der Waals surface area (Å²) in [6.45, 7) is 1.82. The molecular formula is C17H23N3O4. The Labute approximate surface area is 141 Å². The van der Waals surface area contributed by atoms with E-state index in [2.05, 4.69) is 4.98 Å². The summed E-state index contributed by atoms with van der Waals surface area (Å²) in [7, 11) is 1.54. The fourth-order valence-electron chi connectivity index (χ4n) is 3.44. The molecule has 2 saturated heterocycles. The molecule has 2 fully saturated rings. The number of nitrogens with zero attached hydrogens (tertiary/aromatic N) is 3. The standard InChI is InChI=1S/C17H23N3O4/c1-24-17(16(23)20-9-5-13(21)12-20)6-10-19(11-7-17)15(22)14-4-2-3-8-18-14/h2-4,8,13,21H,5-7,9-12H2,1H3/t13-/m0/s1. The lowest BCUT2D eigenvalue weighted by molar-refractivity contribution is -0.159. The molecule has 0 aromatic carbocycles. The minimum atomic E-state index is -0.898. The van der Waals surface area contributed by atoms with Crippen LogP contribution in [0.2, 0.25) is 0 Å². The van der Waals surface area contributed by atoms with E-state index < -0.39 is 11.7 Å². The molecule has 7 heteroatoms. The van der Waals surface area contributed by atoms with Crippen LogP contribution < -0.4 is 0 Å². The van der Waals surface area contributed by atoms with Crippen LogP contribution >= 0.6 is 0 Å². The first kappa shape index (κ1) is 16.9. The number of hydrogen-bond donors (Lipinski definition) is 1. The third-order valence-corrected chi connectivity index (χ3v) is 4.97. The third-order valence-electron chi connectivity index (χ3n) is 4.97. The van der Waals surface area contributed by atoms with E-state index in [0.717, 1.165) is 0 Å². The highest BCUT2D eigenvalue weighted by Crippen LogP contribution is 2.30. The molecule has 2 aliphatic rings. The fourth-order valence-corrected chi connectivity index (χ4v) is 3.44. The van der Waals surface area contributed by atoms with Crippen LogP contribution in [0.3, 0.4) is 0 Å². The molecule has 3 rings (SSSR count). The molecule has 0 saturated carbocycles. The Hall–Kier alpha value is -1.99. The highest BCUT2D eigenvalue weighted by Gasteiger charge is 2.46. The molecule has 1 atom stereocenters. The largest absolute Gasteiger partial charge is 0.391 e.